The highest BCUT2D eigenvalue weighted by molar-refractivity contribution is 8.14. The Kier molecular flexibility index (Phi) is 3.86. The highest BCUT2D eigenvalue weighted by atomic mass is 32.2. The van der Waals surface area contributed by atoms with Crippen LogP contribution in [-0.2, 0) is 4.79 Å². The third kappa shape index (κ3) is 3.02. The van der Waals surface area contributed by atoms with Crippen LogP contribution in [0.1, 0.15) is 39.0 Å². The maximum absolute atomic E-state index is 11.3. The first-order valence-electron chi connectivity index (χ1n) is 4.56. The number of rotatable bonds is 2. The molecule has 1 saturated carbocycles. The van der Waals surface area contributed by atoms with E-state index in [9.17, 15) is 4.79 Å². The zero-order valence-corrected chi connectivity index (χ0v) is 8.45. The van der Waals surface area contributed by atoms with E-state index in [2.05, 4.69) is 6.58 Å². The Bertz CT molecular complexity index is 180. The summed E-state index contributed by atoms with van der Waals surface area (Å²) in [6.07, 6.45) is 6.36. The molecule has 0 N–H and O–H groups in total. The summed E-state index contributed by atoms with van der Waals surface area (Å²) < 4.78 is 0. The van der Waals surface area contributed by atoms with E-state index < -0.39 is 0 Å². The van der Waals surface area contributed by atoms with Crippen LogP contribution in [0.3, 0.4) is 0 Å². The summed E-state index contributed by atoms with van der Waals surface area (Å²) in [7, 11) is 0. The molecule has 0 radical (unpaired) electrons. The third-order valence-corrected chi connectivity index (χ3v) is 3.54. The molecule has 0 aromatic heterocycles. The van der Waals surface area contributed by atoms with Gasteiger partial charge in [0.15, 0.2) is 0 Å². The van der Waals surface area contributed by atoms with E-state index in [1.54, 1.807) is 6.92 Å². The Morgan fingerprint density at radius 1 is 1.33 bits per heavy atom. The topological polar surface area (TPSA) is 17.1 Å². The predicted octanol–water partition coefficient (Wildman–Crippen LogP) is 3.16. The number of thioether (sulfide) groups is 1. The summed E-state index contributed by atoms with van der Waals surface area (Å²) in [6, 6.07) is 0. The van der Waals surface area contributed by atoms with Crippen molar-refractivity contribution in [1.29, 1.82) is 0 Å². The summed E-state index contributed by atoms with van der Waals surface area (Å²) in [5, 5.41) is 0.754. The van der Waals surface area contributed by atoms with E-state index in [-0.39, 0.29) is 5.12 Å². The molecule has 0 aromatic rings. The average molecular weight is 184 g/mol. The van der Waals surface area contributed by atoms with Gasteiger partial charge >= 0.3 is 0 Å². The standard InChI is InChI=1S/C10H16OS/c1-8(2)10(11)12-9-6-4-3-5-7-9/h9H,1,3-7H2,2H3. The molecule has 2 heteroatoms. The van der Waals surface area contributed by atoms with Crippen molar-refractivity contribution in [3.8, 4) is 0 Å². The molecule has 1 nitrogen and oxygen atoms in total. The van der Waals surface area contributed by atoms with Gasteiger partial charge in [0.2, 0.25) is 5.12 Å². The van der Waals surface area contributed by atoms with Crippen molar-refractivity contribution >= 4 is 16.9 Å². The second-order valence-electron chi connectivity index (χ2n) is 3.45. The van der Waals surface area contributed by atoms with Crippen LogP contribution in [0.25, 0.3) is 0 Å². The van der Waals surface area contributed by atoms with Crippen molar-refractivity contribution in [2.24, 2.45) is 0 Å². The molecule has 0 saturated heterocycles. The molecule has 1 aliphatic carbocycles. The molecule has 0 aromatic carbocycles. The molecule has 0 spiro atoms. The minimum Gasteiger partial charge on any atom is -0.282 e. The van der Waals surface area contributed by atoms with Gasteiger partial charge < -0.3 is 0 Å². The number of hydrogen-bond acceptors (Lipinski definition) is 2. The second-order valence-corrected chi connectivity index (χ2v) is 4.72. The van der Waals surface area contributed by atoms with Crippen LogP contribution >= 0.6 is 11.8 Å². The van der Waals surface area contributed by atoms with Crippen LogP contribution in [-0.4, -0.2) is 10.4 Å². The monoisotopic (exact) mass is 184 g/mol. The van der Waals surface area contributed by atoms with Gasteiger partial charge in [-0.05, 0) is 25.3 Å². The highest BCUT2D eigenvalue weighted by Gasteiger charge is 2.17. The van der Waals surface area contributed by atoms with Crippen LogP contribution in [0.15, 0.2) is 12.2 Å². The predicted molar refractivity (Wildman–Crippen MR) is 54.3 cm³/mol. The van der Waals surface area contributed by atoms with E-state index in [0.717, 1.165) is 0 Å². The van der Waals surface area contributed by atoms with Gasteiger partial charge in [0.1, 0.15) is 0 Å². The SMILES string of the molecule is C=C(C)C(=O)SC1CCCCC1. The van der Waals surface area contributed by atoms with Gasteiger partial charge in [0.05, 0.1) is 0 Å². The van der Waals surface area contributed by atoms with Gasteiger partial charge in [-0.3, -0.25) is 4.79 Å². The molecule has 0 bridgehead atoms. The fourth-order valence-electron chi connectivity index (χ4n) is 1.43. The third-order valence-electron chi connectivity index (χ3n) is 2.17. The Hall–Kier alpha value is -0.240. The van der Waals surface area contributed by atoms with Crippen molar-refractivity contribution < 1.29 is 4.79 Å². The van der Waals surface area contributed by atoms with Crippen LogP contribution in [0.4, 0.5) is 0 Å². The van der Waals surface area contributed by atoms with Gasteiger partial charge in [0.25, 0.3) is 0 Å². The molecule has 1 aliphatic rings. The minimum atomic E-state index is 0.182. The zero-order valence-electron chi connectivity index (χ0n) is 7.64. The molecule has 1 rings (SSSR count). The molecule has 12 heavy (non-hydrogen) atoms. The summed E-state index contributed by atoms with van der Waals surface area (Å²) in [6.45, 7) is 5.44. The van der Waals surface area contributed by atoms with Gasteiger partial charge in [0, 0.05) is 5.25 Å². The lowest BCUT2D eigenvalue weighted by atomic mass is 10.0. The molecule has 0 amide bonds. The maximum Gasteiger partial charge on any atom is 0.214 e. The first kappa shape index (κ1) is 9.85. The first-order chi connectivity index (χ1) is 5.70. The van der Waals surface area contributed by atoms with Crippen molar-refractivity contribution in [2.75, 3.05) is 0 Å². The van der Waals surface area contributed by atoms with Gasteiger partial charge in [-0.15, -0.1) is 0 Å². The van der Waals surface area contributed by atoms with Crippen molar-refractivity contribution in [1.82, 2.24) is 0 Å². The molecule has 0 aliphatic heterocycles. The molecule has 0 atom stereocenters. The highest BCUT2D eigenvalue weighted by Crippen LogP contribution is 2.29. The van der Waals surface area contributed by atoms with Crippen LogP contribution < -0.4 is 0 Å². The summed E-state index contributed by atoms with van der Waals surface area (Å²) >= 11 is 1.49. The number of carbonyl (C=O) groups excluding carboxylic acids is 1. The zero-order chi connectivity index (χ0) is 8.97. The Morgan fingerprint density at radius 2 is 1.92 bits per heavy atom. The second kappa shape index (κ2) is 4.70. The fraction of sp³-hybridized carbons (Fsp3) is 0.700. The lowest BCUT2D eigenvalue weighted by molar-refractivity contribution is -0.107. The molecule has 0 heterocycles. The normalized spacial score (nSPS) is 19.1. The van der Waals surface area contributed by atoms with Crippen molar-refractivity contribution in [3.05, 3.63) is 12.2 Å². The van der Waals surface area contributed by atoms with E-state index in [4.69, 9.17) is 0 Å². The Morgan fingerprint density at radius 3 is 2.42 bits per heavy atom. The average Bonchev–Trinajstić information content (AvgIpc) is 2.06. The van der Waals surface area contributed by atoms with Crippen LogP contribution in [0.5, 0.6) is 0 Å². The van der Waals surface area contributed by atoms with Crippen LogP contribution in [0.2, 0.25) is 0 Å². The summed E-state index contributed by atoms with van der Waals surface area (Å²) in [5.74, 6) is 0. The smallest absolute Gasteiger partial charge is 0.214 e. The maximum atomic E-state index is 11.3. The fourth-order valence-corrected chi connectivity index (χ4v) is 2.51. The van der Waals surface area contributed by atoms with Crippen molar-refractivity contribution in [3.63, 3.8) is 0 Å². The van der Waals surface area contributed by atoms with Gasteiger partial charge in [-0.25, -0.2) is 0 Å². The van der Waals surface area contributed by atoms with Crippen molar-refractivity contribution in [2.45, 2.75) is 44.3 Å². The largest absolute Gasteiger partial charge is 0.282 e. The van der Waals surface area contributed by atoms with Gasteiger partial charge in [-0.1, -0.05) is 37.6 Å². The minimum absolute atomic E-state index is 0.182. The quantitative estimate of drug-likeness (QED) is 0.613. The van der Waals surface area contributed by atoms with Crippen LogP contribution in [0, 0.1) is 0 Å². The molecule has 68 valence electrons. The van der Waals surface area contributed by atoms with E-state index in [1.807, 2.05) is 0 Å². The molecular weight excluding hydrogens is 168 g/mol. The Labute approximate surface area is 78.6 Å². The summed E-state index contributed by atoms with van der Waals surface area (Å²) in [4.78, 5) is 11.3. The van der Waals surface area contributed by atoms with E-state index >= 15 is 0 Å². The molecular formula is C10H16OS. The number of carbonyl (C=O) groups is 1. The lowest BCUT2D eigenvalue weighted by Crippen LogP contribution is -2.11. The molecule has 0 unspecified atom stereocenters. The Balaban J connectivity index is 2.29. The summed E-state index contributed by atoms with van der Waals surface area (Å²) in [5.41, 5.74) is 0.686. The van der Waals surface area contributed by atoms with Gasteiger partial charge in [-0.2, -0.15) is 0 Å². The first-order valence-corrected chi connectivity index (χ1v) is 5.44. The number of hydrogen-bond donors (Lipinski definition) is 0. The van der Waals surface area contributed by atoms with E-state index in [0.29, 0.717) is 10.8 Å². The van der Waals surface area contributed by atoms with E-state index in [1.165, 1.54) is 43.9 Å². The lowest BCUT2D eigenvalue weighted by Gasteiger charge is -2.19. The molecule has 1 fully saturated rings.